The molecule has 0 unspecified atom stereocenters. The zero-order valence-electron chi connectivity index (χ0n) is 16.9. The van der Waals surface area contributed by atoms with Gasteiger partial charge >= 0.3 is 0 Å². The first-order valence-electron chi connectivity index (χ1n) is 9.92. The fourth-order valence-electron chi connectivity index (χ4n) is 3.53. The van der Waals surface area contributed by atoms with Crippen LogP contribution in [0.25, 0.3) is 0 Å². The Bertz CT molecular complexity index is 1020. The van der Waals surface area contributed by atoms with Gasteiger partial charge in [0.05, 0.1) is 18.4 Å². The summed E-state index contributed by atoms with van der Waals surface area (Å²) in [5.74, 6) is 0.799. The first-order chi connectivity index (χ1) is 14.6. The average Bonchev–Trinajstić information content (AvgIpc) is 3.20. The van der Waals surface area contributed by atoms with Crippen LogP contribution in [0.5, 0.6) is 5.75 Å². The zero-order chi connectivity index (χ0) is 20.9. The quantitative estimate of drug-likeness (QED) is 0.506. The SMILES string of the molecule is COc1cccc(Nc2nnc(S[C@@H](C)C(=O)N[C@@H]3CCCc4ccccc43)s2)c1. The molecule has 0 saturated carbocycles. The lowest BCUT2D eigenvalue weighted by atomic mass is 9.88. The Balaban J connectivity index is 1.35. The average molecular weight is 441 g/mol. The lowest BCUT2D eigenvalue weighted by Crippen LogP contribution is -2.35. The summed E-state index contributed by atoms with van der Waals surface area (Å²) >= 11 is 2.86. The number of methoxy groups -OCH3 is 1. The van der Waals surface area contributed by atoms with Gasteiger partial charge in [-0.25, -0.2) is 0 Å². The minimum Gasteiger partial charge on any atom is -0.497 e. The van der Waals surface area contributed by atoms with Crippen molar-refractivity contribution in [2.45, 2.75) is 41.8 Å². The molecular weight excluding hydrogens is 416 g/mol. The van der Waals surface area contributed by atoms with E-state index < -0.39 is 0 Å². The standard InChI is InChI=1S/C22H24N4O2S2/c1-14(20(27)24-19-12-5-8-15-7-3-4-11-18(15)19)29-22-26-25-21(30-22)23-16-9-6-10-17(13-16)28-2/h3-4,6-7,9-11,13-14,19H,5,8,12H2,1-2H3,(H,23,25)(H,24,27)/t14-,19+/m0/s1. The predicted molar refractivity (Wildman–Crippen MR) is 122 cm³/mol. The summed E-state index contributed by atoms with van der Waals surface area (Å²) in [5.41, 5.74) is 3.46. The third-order valence-corrected chi connectivity index (χ3v) is 7.08. The number of thioether (sulfide) groups is 1. The molecule has 0 bridgehead atoms. The van der Waals surface area contributed by atoms with Crippen molar-refractivity contribution in [3.05, 3.63) is 59.7 Å². The van der Waals surface area contributed by atoms with Gasteiger partial charge in [0.25, 0.3) is 0 Å². The van der Waals surface area contributed by atoms with Crippen LogP contribution < -0.4 is 15.4 Å². The summed E-state index contributed by atoms with van der Waals surface area (Å²) in [6, 6.07) is 16.1. The first-order valence-corrected chi connectivity index (χ1v) is 11.6. The monoisotopic (exact) mass is 440 g/mol. The largest absolute Gasteiger partial charge is 0.497 e. The Kier molecular flexibility index (Phi) is 6.54. The second kappa shape index (κ2) is 9.49. The number of nitrogens with zero attached hydrogens (tertiary/aromatic N) is 2. The van der Waals surface area contributed by atoms with Crippen LogP contribution in [0.3, 0.4) is 0 Å². The maximum atomic E-state index is 12.8. The molecule has 2 N–H and O–H groups in total. The van der Waals surface area contributed by atoms with E-state index in [0.29, 0.717) is 5.13 Å². The van der Waals surface area contributed by atoms with Crippen molar-refractivity contribution in [3.8, 4) is 5.75 Å². The molecule has 1 aliphatic rings. The van der Waals surface area contributed by atoms with Crippen molar-refractivity contribution < 1.29 is 9.53 Å². The van der Waals surface area contributed by atoms with Crippen LogP contribution in [0, 0.1) is 0 Å². The Morgan fingerprint density at radius 1 is 1.23 bits per heavy atom. The zero-order valence-corrected chi connectivity index (χ0v) is 18.6. The molecule has 0 saturated heterocycles. The van der Waals surface area contributed by atoms with Crippen LogP contribution in [0.1, 0.15) is 36.9 Å². The highest BCUT2D eigenvalue weighted by molar-refractivity contribution is 8.02. The van der Waals surface area contributed by atoms with Gasteiger partial charge in [-0.2, -0.15) is 0 Å². The molecule has 0 fully saturated rings. The van der Waals surface area contributed by atoms with Crippen molar-refractivity contribution in [2.24, 2.45) is 0 Å². The van der Waals surface area contributed by atoms with Crippen molar-refractivity contribution in [1.29, 1.82) is 0 Å². The van der Waals surface area contributed by atoms with E-state index >= 15 is 0 Å². The molecule has 8 heteroatoms. The highest BCUT2D eigenvalue weighted by atomic mass is 32.2. The summed E-state index contributed by atoms with van der Waals surface area (Å²) in [7, 11) is 1.64. The maximum absolute atomic E-state index is 12.8. The van der Waals surface area contributed by atoms with Crippen molar-refractivity contribution in [2.75, 3.05) is 12.4 Å². The van der Waals surface area contributed by atoms with Crippen LogP contribution in [-0.4, -0.2) is 28.5 Å². The Morgan fingerprint density at radius 3 is 2.97 bits per heavy atom. The molecule has 1 aliphatic carbocycles. The second-order valence-corrected chi connectivity index (χ2v) is 9.71. The minimum atomic E-state index is -0.253. The molecule has 2 atom stereocenters. The summed E-state index contributed by atoms with van der Waals surface area (Å²) in [6.07, 6.45) is 3.16. The molecular formula is C22H24N4O2S2. The number of anilines is 2. The van der Waals surface area contributed by atoms with Crippen molar-refractivity contribution >= 4 is 39.8 Å². The molecule has 1 aromatic heterocycles. The van der Waals surface area contributed by atoms with E-state index in [4.69, 9.17) is 4.74 Å². The van der Waals surface area contributed by atoms with Crippen LogP contribution in [0.4, 0.5) is 10.8 Å². The van der Waals surface area contributed by atoms with E-state index in [1.54, 1.807) is 7.11 Å². The normalized spacial score (nSPS) is 16.4. The smallest absolute Gasteiger partial charge is 0.233 e. The van der Waals surface area contributed by atoms with Gasteiger partial charge in [-0.15, -0.1) is 10.2 Å². The minimum absolute atomic E-state index is 0.0270. The number of ether oxygens (including phenoxy) is 1. The molecule has 4 rings (SSSR count). The summed E-state index contributed by atoms with van der Waals surface area (Å²) in [6.45, 7) is 1.91. The number of benzene rings is 2. The van der Waals surface area contributed by atoms with Gasteiger partial charge in [-0.1, -0.05) is 53.4 Å². The highest BCUT2D eigenvalue weighted by Gasteiger charge is 2.24. The van der Waals surface area contributed by atoms with Gasteiger partial charge in [-0.05, 0) is 49.4 Å². The molecule has 6 nitrogen and oxygen atoms in total. The number of carbonyl (C=O) groups is 1. The molecule has 3 aromatic rings. The topological polar surface area (TPSA) is 76.1 Å². The van der Waals surface area contributed by atoms with Gasteiger partial charge < -0.3 is 15.4 Å². The Labute approximate surface area is 184 Å². The molecule has 1 amide bonds. The third-order valence-electron chi connectivity index (χ3n) is 5.06. The van der Waals surface area contributed by atoms with Gasteiger partial charge in [0.1, 0.15) is 5.75 Å². The molecule has 1 heterocycles. The van der Waals surface area contributed by atoms with Gasteiger partial charge in [0.2, 0.25) is 11.0 Å². The number of hydrogen-bond acceptors (Lipinski definition) is 7. The van der Waals surface area contributed by atoms with Crippen molar-refractivity contribution in [1.82, 2.24) is 15.5 Å². The lowest BCUT2D eigenvalue weighted by molar-refractivity contribution is -0.121. The number of amides is 1. The number of aryl methyl sites for hydroxylation is 1. The fourth-order valence-corrected chi connectivity index (χ4v) is 5.46. The number of hydrogen-bond donors (Lipinski definition) is 2. The Hall–Kier alpha value is -2.58. The van der Waals surface area contributed by atoms with E-state index in [-0.39, 0.29) is 17.2 Å². The summed E-state index contributed by atoms with van der Waals surface area (Å²) < 4.78 is 6.00. The van der Waals surface area contributed by atoms with Gasteiger partial charge in [0, 0.05) is 11.8 Å². The fraction of sp³-hybridized carbons (Fsp3) is 0.318. The van der Waals surface area contributed by atoms with Crippen LogP contribution in [0.15, 0.2) is 52.9 Å². The molecule has 156 valence electrons. The summed E-state index contributed by atoms with van der Waals surface area (Å²) in [5, 5.41) is 15.3. The first kappa shape index (κ1) is 20.7. The molecule has 0 aliphatic heterocycles. The molecule has 2 aromatic carbocycles. The predicted octanol–water partition coefficient (Wildman–Crippen LogP) is 4.96. The number of aromatic nitrogens is 2. The molecule has 30 heavy (non-hydrogen) atoms. The highest BCUT2D eigenvalue weighted by Crippen LogP contribution is 2.33. The Morgan fingerprint density at radius 2 is 2.10 bits per heavy atom. The van der Waals surface area contributed by atoms with Gasteiger partial charge in [0.15, 0.2) is 4.34 Å². The maximum Gasteiger partial charge on any atom is 0.233 e. The van der Waals surface area contributed by atoms with Gasteiger partial charge in [-0.3, -0.25) is 4.79 Å². The van der Waals surface area contributed by atoms with E-state index in [1.165, 1.54) is 34.2 Å². The van der Waals surface area contributed by atoms with Crippen molar-refractivity contribution in [3.63, 3.8) is 0 Å². The van der Waals surface area contributed by atoms with Crippen LogP contribution in [-0.2, 0) is 11.2 Å². The van der Waals surface area contributed by atoms with Crippen LogP contribution in [0.2, 0.25) is 0 Å². The number of fused-ring (bicyclic) bond motifs is 1. The molecule has 0 radical (unpaired) electrons. The number of nitrogens with one attached hydrogen (secondary N) is 2. The number of rotatable bonds is 7. The van der Waals surface area contributed by atoms with Crippen LogP contribution >= 0.6 is 23.1 Å². The molecule has 0 spiro atoms. The number of carbonyl (C=O) groups excluding carboxylic acids is 1. The van der Waals surface area contributed by atoms with E-state index in [9.17, 15) is 4.79 Å². The van der Waals surface area contributed by atoms with E-state index in [1.807, 2.05) is 37.3 Å². The third kappa shape index (κ3) is 4.94. The van der Waals surface area contributed by atoms with E-state index in [2.05, 4.69) is 39.0 Å². The van der Waals surface area contributed by atoms with E-state index in [0.717, 1.165) is 35.0 Å². The summed E-state index contributed by atoms with van der Waals surface area (Å²) in [4.78, 5) is 12.8. The lowest BCUT2D eigenvalue weighted by Gasteiger charge is -2.27. The second-order valence-electron chi connectivity index (χ2n) is 7.14.